The number of para-hydroxylation sites is 1. The van der Waals surface area contributed by atoms with Crippen molar-refractivity contribution in [3.8, 4) is 11.5 Å². The zero-order valence-corrected chi connectivity index (χ0v) is 19.5. The van der Waals surface area contributed by atoms with Crippen LogP contribution in [0.25, 0.3) is 0 Å². The lowest BCUT2D eigenvalue weighted by molar-refractivity contribution is -0.274. The molecule has 4 rings (SSSR count). The lowest BCUT2D eigenvalue weighted by Gasteiger charge is -2.10. The van der Waals surface area contributed by atoms with Crippen LogP contribution in [0.5, 0.6) is 11.5 Å². The third-order valence-electron chi connectivity index (χ3n) is 5.49. The Labute approximate surface area is 205 Å². The number of anilines is 1. The van der Waals surface area contributed by atoms with Crippen LogP contribution in [0, 0.1) is 13.8 Å². The molecule has 2 amide bonds. The van der Waals surface area contributed by atoms with Crippen LogP contribution in [0.3, 0.4) is 0 Å². The summed E-state index contributed by atoms with van der Waals surface area (Å²) in [6, 6.07) is 16.3. The Morgan fingerprint density at radius 3 is 2.36 bits per heavy atom. The van der Waals surface area contributed by atoms with E-state index in [1.807, 2.05) is 32.0 Å². The minimum Gasteiger partial charge on any atom is -0.406 e. The number of hydrazone groups is 1. The van der Waals surface area contributed by atoms with E-state index in [0.29, 0.717) is 24.3 Å². The summed E-state index contributed by atoms with van der Waals surface area (Å²) in [6.07, 6.45) is -2.14. The van der Waals surface area contributed by atoms with Crippen LogP contribution in [-0.2, 0) is 6.42 Å². The molecule has 0 aromatic heterocycles. The number of alkyl halides is 3. The molecule has 1 aliphatic carbocycles. The molecule has 7 nitrogen and oxygen atoms in total. The van der Waals surface area contributed by atoms with Gasteiger partial charge in [0.2, 0.25) is 0 Å². The summed E-state index contributed by atoms with van der Waals surface area (Å²) in [6.45, 7) is 3.82. The van der Waals surface area contributed by atoms with Crippen molar-refractivity contribution in [1.82, 2.24) is 5.43 Å². The van der Waals surface area contributed by atoms with Gasteiger partial charge in [-0.15, -0.1) is 13.2 Å². The molecule has 186 valence electrons. The van der Waals surface area contributed by atoms with Crippen molar-refractivity contribution in [3.63, 3.8) is 0 Å². The average Bonchev–Trinajstić information content (AvgIpc) is 3.22. The molecule has 0 saturated heterocycles. The van der Waals surface area contributed by atoms with E-state index >= 15 is 0 Å². The number of benzene rings is 3. The molecule has 0 saturated carbocycles. The van der Waals surface area contributed by atoms with Gasteiger partial charge in [0.1, 0.15) is 5.75 Å². The van der Waals surface area contributed by atoms with E-state index in [-0.39, 0.29) is 5.75 Å². The molecular weight excluding hydrogens is 473 g/mol. The SMILES string of the molecule is Cc1cccc(C)c1NC(=O)N/N=C/c1ccc(O/N=C2\CCc3cc(OC(F)(F)F)ccc32)cc1. The van der Waals surface area contributed by atoms with Crippen LogP contribution in [0.1, 0.15) is 34.2 Å². The molecule has 0 atom stereocenters. The first-order valence-electron chi connectivity index (χ1n) is 11.1. The molecule has 0 unspecified atom stereocenters. The maximum atomic E-state index is 12.4. The van der Waals surface area contributed by atoms with E-state index in [1.54, 1.807) is 30.3 Å². The zero-order chi connectivity index (χ0) is 25.7. The van der Waals surface area contributed by atoms with Crippen molar-refractivity contribution in [2.75, 3.05) is 5.32 Å². The smallest absolute Gasteiger partial charge is 0.406 e. The second-order valence-electron chi connectivity index (χ2n) is 8.16. The van der Waals surface area contributed by atoms with Crippen molar-refractivity contribution in [1.29, 1.82) is 0 Å². The van der Waals surface area contributed by atoms with E-state index in [1.165, 1.54) is 18.3 Å². The van der Waals surface area contributed by atoms with Gasteiger partial charge >= 0.3 is 12.4 Å². The number of hydrogen-bond donors (Lipinski definition) is 2. The summed E-state index contributed by atoms with van der Waals surface area (Å²) >= 11 is 0. The molecule has 0 aliphatic heterocycles. The highest BCUT2D eigenvalue weighted by Gasteiger charge is 2.31. The molecule has 0 fully saturated rings. The molecule has 0 radical (unpaired) electrons. The first-order chi connectivity index (χ1) is 17.2. The molecule has 3 aromatic carbocycles. The second-order valence-corrected chi connectivity index (χ2v) is 8.16. The van der Waals surface area contributed by atoms with Gasteiger partial charge in [-0.2, -0.15) is 5.10 Å². The van der Waals surface area contributed by atoms with Crippen LogP contribution in [0.2, 0.25) is 0 Å². The lowest BCUT2D eigenvalue weighted by atomic mass is 10.1. The number of fused-ring (bicyclic) bond motifs is 1. The summed E-state index contributed by atoms with van der Waals surface area (Å²) in [7, 11) is 0. The number of carbonyl (C=O) groups is 1. The number of rotatable bonds is 6. The van der Waals surface area contributed by atoms with Crippen molar-refractivity contribution >= 4 is 23.6 Å². The molecule has 1 aliphatic rings. The summed E-state index contributed by atoms with van der Waals surface area (Å²) in [5.41, 5.74) is 7.91. The average molecular weight is 496 g/mol. The fourth-order valence-electron chi connectivity index (χ4n) is 3.78. The third-order valence-corrected chi connectivity index (χ3v) is 5.49. The number of amides is 2. The maximum Gasteiger partial charge on any atom is 0.573 e. The van der Waals surface area contributed by atoms with Crippen LogP contribution >= 0.6 is 0 Å². The first-order valence-corrected chi connectivity index (χ1v) is 11.1. The number of nitrogens with one attached hydrogen (secondary N) is 2. The predicted octanol–water partition coefficient (Wildman–Crippen LogP) is 6.09. The molecule has 0 heterocycles. The van der Waals surface area contributed by atoms with Gasteiger partial charge in [0, 0.05) is 11.3 Å². The van der Waals surface area contributed by atoms with Gasteiger partial charge in [-0.1, -0.05) is 23.4 Å². The van der Waals surface area contributed by atoms with Gasteiger partial charge in [-0.25, -0.2) is 10.2 Å². The lowest BCUT2D eigenvalue weighted by Crippen LogP contribution is -2.25. The number of halogens is 3. The van der Waals surface area contributed by atoms with E-state index in [9.17, 15) is 18.0 Å². The normalized spacial score (nSPS) is 14.1. The molecule has 10 heteroatoms. The van der Waals surface area contributed by atoms with Crippen LogP contribution in [-0.4, -0.2) is 24.3 Å². The molecular formula is C26H23F3N4O3. The molecule has 36 heavy (non-hydrogen) atoms. The van der Waals surface area contributed by atoms with Gasteiger partial charge < -0.3 is 14.9 Å². The van der Waals surface area contributed by atoms with Crippen LogP contribution in [0.15, 0.2) is 70.9 Å². The van der Waals surface area contributed by atoms with E-state index in [4.69, 9.17) is 4.84 Å². The van der Waals surface area contributed by atoms with Gasteiger partial charge in [-0.05, 0) is 91.4 Å². The molecule has 0 spiro atoms. The summed E-state index contributed by atoms with van der Waals surface area (Å²) in [5.74, 6) is 0.226. The number of ether oxygens (including phenoxy) is 1. The van der Waals surface area contributed by atoms with Gasteiger partial charge in [-0.3, -0.25) is 0 Å². The Kier molecular flexibility index (Phi) is 7.23. The van der Waals surface area contributed by atoms with Crippen molar-refractivity contribution in [2.45, 2.75) is 33.1 Å². The molecule has 3 aromatic rings. The number of oxime groups is 1. The number of carbonyl (C=O) groups excluding carboxylic acids is 1. The van der Waals surface area contributed by atoms with E-state index in [0.717, 1.165) is 33.5 Å². The summed E-state index contributed by atoms with van der Waals surface area (Å²) in [4.78, 5) is 17.6. The third kappa shape index (κ3) is 6.41. The fraction of sp³-hybridized carbons (Fsp3) is 0.192. The Hall–Kier alpha value is -4.34. The predicted molar refractivity (Wildman–Crippen MR) is 131 cm³/mol. The Balaban J connectivity index is 1.31. The molecule has 0 bridgehead atoms. The van der Waals surface area contributed by atoms with Crippen LogP contribution in [0.4, 0.5) is 23.7 Å². The van der Waals surface area contributed by atoms with Gasteiger partial charge in [0.05, 0.1) is 11.9 Å². The van der Waals surface area contributed by atoms with Crippen molar-refractivity contribution in [3.05, 3.63) is 88.5 Å². The van der Waals surface area contributed by atoms with Gasteiger partial charge in [0.15, 0.2) is 5.75 Å². The monoisotopic (exact) mass is 496 g/mol. The second kappa shape index (κ2) is 10.5. The highest BCUT2D eigenvalue weighted by Crippen LogP contribution is 2.30. The van der Waals surface area contributed by atoms with Crippen molar-refractivity contribution < 1.29 is 27.5 Å². The maximum absolute atomic E-state index is 12.4. The highest BCUT2D eigenvalue weighted by molar-refractivity contribution is 6.04. The number of hydrogen-bond acceptors (Lipinski definition) is 5. The summed E-state index contributed by atoms with van der Waals surface area (Å²) in [5, 5.41) is 10.9. The van der Waals surface area contributed by atoms with Gasteiger partial charge in [0.25, 0.3) is 0 Å². The Bertz CT molecular complexity index is 1300. The zero-order valence-electron chi connectivity index (χ0n) is 19.5. The standard InChI is InChI=1S/C26H23F3N4O3/c1-16-4-3-5-17(2)24(16)31-25(34)32-30-15-18-6-9-20(10-7-18)36-33-23-13-8-19-14-21(11-12-22(19)23)35-26(27,28)29/h3-7,9-12,14-15H,8,13H2,1-2H3,(H2,31,32,34)/b30-15+,33-23+. The minimum atomic E-state index is -4.73. The molecule has 2 N–H and O–H groups in total. The first kappa shape index (κ1) is 24.8. The Morgan fingerprint density at radius 2 is 1.67 bits per heavy atom. The largest absolute Gasteiger partial charge is 0.573 e. The minimum absolute atomic E-state index is 0.252. The quantitative estimate of drug-likeness (QED) is 0.320. The summed E-state index contributed by atoms with van der Waals surface area (Å²) < 4.78 is 41.2. The number of aryl methyl sites for hydroxylation is 3. The van der Waals surface area contributed by atoms with E-state index in [2.05, 4.69) is 25.7 Å². The number of urea groups is 1. The number of nitrogens with zero attached hydrogens (tertiary/aromatic N) is 2. The van der Waals surface area contributed by atoms with E-state index < -0.39 is 12.4 Å². The Morgan fingerprint density at radius 1 is 0.972 bits per heavy atom. The topological polar surface area (TPSA) is 84.3 Å². The van der Waals surface area contributed by atoms with Crippen molar-refractivity contribution in [2.24, 2.45) is 10.3 Å². The fourth-order valence-corrected chi connectivity index (χ4v) is 3.78. The van der Waals surface area contributed by atoms with Crippen LogP contribution < -0.4 is 20.3 Å². The highest BCUT2D eigenvalue weighted by atomic mass is 19.4.